The number of hydrogen-bond acceptors (Lipinski definition) is 3. The van der Waals surface area contributed by atoms with E-state index in [0.29, 0.717) is 0 Å². The van der Waals surface area contributed by atoms with Crippen molar-refractivity contribution in [2.24, 2.45) is 0 Å². The van der Waals surface area contributed by atoms with E-state index >= 15 is 0 Å². The number of benzene rings is 3. The summed E-state index contributed by atoms with van der Waals surface area (Å²) < 4.78 is 1.06. The van der Waals surface area contributed by atoms with E-state index in [-0.39, 0.29) is 0 Å². The zero-order valence-corrected chi connectivity index (χ0v) is 15.7. The molecule has 3 aromatic rings. The van der Waals surface area contributed by atoms with Crippen LogP contribution >= 0.6 is 24.4 Å². The van der Waals surface area contributed by atoms with Crippen LogP contribution in [0.25, 0.3) is 5.57 Å². The van der Waals surface area contributed by atoms with Crippen LogP contribution in [0.5, 0.6) is 0 Å². The number of aryl methyl sites for hydroxylation is 1. The Morgan fingerprint density at radius 3 is 2.04 bits per heavy atom. The van der Waals surface area contributed by atoms with Crippen molar-refractivity contribution < 1.29 is 0 Å². The summed E-state index contributed by atoms with van der Waals surface area (Å²) >= 11 is 6.70. The average Bonchev–Trinajstić information content (AvgIpc) is 2.65. The lowest BCUT2D eigenvalue weighted by atomic mass is 9.93. The maximum absolute atomic E-state index is 4.90. The van der Waals surface area contributed by atoms with Crippen LogP contribution in [0.4, 0.5) is 11.4 Å². The molecule has 0 fully saturated rings. The second-order valence-electron chi connectivity index (χ2n) is 6.11. The first kappa shape index (κ1) is 16.4. The average molecular weight is 362 g/mol. The topological polar surface area (TPSA) is 12.0 Å². The molecule has 0 aliphatic carbocycles. The predicted molar refractivity (Wildman–Crippen MR) is 114 cm³/mol. The van der Waals surface area contributed by atoms with Crippen LogP contribution < -0.4 is 5.32 Å². The molecule has 25 heavy (non-hydrogen) atoms. The van der Waals surface area contributed by atoms with Crippen molar-refractivity contribution in [3.05, 3.63) is 99.3 Å². The molecule has 0 spiro atoms. The summed E-state index contributed by atoms with van der Waals surface area (Å²) in [5.41, 5.74) is 8.60. The van der Waals surface area contributed by atoms with Crippen molar-refractivity contribution in [2.75, 3.05) is 5.32 Å². The van der Waals surface area contributed by atoms with Gasteiger partial charge in [0, 0.05) is 38.1 Å². The lowest BCUT2D eigenvalue weighted by molar-refractivity contribution is 1.31. The van der Waals surface area contributed by atoms with Gasteiger partial charge >= 0.3 is 0 Å². The van der Waals surface area contributed by atoms with Crippen molar-refractivity contribution in [3.63, 3.8) is 0 Å². The maximum Gasteiger partial charge on any atom is 0.0464 e. The number of anilines is 2. The fourth-order valence-electron chi connectivity index (χ4n) is 3.13. The van der Waals surface area contributed by atoms with Crippen molar-refractivity contribution >= 4 is 41.3 Å². The molecule has 0 saturated carbocycles. The number of thioether (sulfide) groups is 1. The summed E-state index contributed by atoms with van der Waals surface area (Å²) in [7, 11) is 0. The lowest BCUT2D eigenvalue weighted by Crippen LogP contribution is -2.06. The Morgan fingerprint density at radius 1 is 0.840 bits per heavy atom. The fraction of sp³-hybridized carbons (Fsp3) is 0.0909. The smallest absolute Gasteiger partial charge is 0.0464 e. The number of nitrogens with one attached hydrogen (secondary N) is 1. The van der Waals surface area contributed by atoms with Crippen LogP contribution in [-0.2, 0) is 5.75 Å². The lowest BCUT2D eigenvalue weighted by Gasteiger charge is -2.25. The fourth-order valence-corrected chi connectivity index (χ4v) is 4.55. The summed E-state index contributed by atoms with van der Waals surface area (Å²) in [6, 6.07) is 25.4. The van der Waals surface area contributed by atoms with Crippen LogP contribution in [-0.4, -0.2) is 0 Å². The molecule has 0 radical (unpaired) electrons. The molecule has 1 heterocycles. The molecule has 124 valence electrons. The Bertz CT molecular complexity index is 912. The molecule has 3 heteroatoms. The molecule has 4 rings (SSSR count). The van der Waals surface area contributed by atoms with Gasteiger partial charge in [0.1, 0.15) is 0 Å². The first-order valence-electron chi connectivity index (χ1n) is 8.30. The molecule has 3 aromatic carbocycles. The van der Waals surface area contributed by atoms with Crippen LogP contribution in [0.3, 0.4) is 0 Å². The molecular formula is C22H19NS2. The van der Waals surface area contributed by atoms with Crippen LogP contribution in [0.1, 0.15) is 22.3 Å². The third-order valence-electron chi connectivity index (χ3n) is 4.50. The van der Waals surface area contributed by atoms with Crippen LogP contribution in [0.15, 0.2) is 77.0 Å². The second-order valence-corrected chi connectivity index (χ2v) is 7.85. The second kappa shape index (κ2) is 7.03. The van der Waals surface area contributed by atoms with Crippen molar-refractivity contribution in [2.45, 2.75) is 12.7 Å². The highest BCUT2D eigenvalue weighted by molar-refractivity contribution is 8.15. The summed E-state index contributed by atoms with van der Waals surface area (Å²) in [5, 5.41) is 3.53. The van der Waals surface area contributed by atoms with Gasteiger partial charge in [-0.2, -0.15) is 0 Å². The van der Waals surface area contributed by atoms with Crippen LogP contribution in [0, 0.1) is 6.92 Å². The summed E-state index contributed by atoms with van der Waals surface area (Å²) in [6.45, 7) is 2.16. The third-order valence-corrected chi connectivity index (χ3v) is 6.05. The van der Waals surface area contributed by atoms with E-state index in [1.807, 2.05) is 0 Å². The Morgan fingerprint density at radius 2 is 1.40 bits per heavy atom. The van der Waals surface area contributed by atoms with Gasteiger partial charge in [-0.1, -0.05) is 60.7 Å². The first-order valence-corrected chi connectivity index (χ1v) is 9.73. The van der Waals surface area contributed by atoms with E-state index in [1.165, 1.54) is 27.8 Å². The Kier molecular flexibility index (Phi) is 4.60. The van der Waals surface area contributed by atoms with E-state index in [1.54, 1.807) is 11.8 Å². The van der Waals surface area contributed by atoms with Gasteiger partial charge in [0.15, 0.2) is 0 Å². The van der Waals surface area contributed by atoms with Gasteiger partial charge in [0.05, 0.1) is 0 Å². The summed E-state index contributed by atoms with van der Waals surface area (Å²) in [6.07, 6.45) is 0. The molecule has 1 aliphatic rings. The van der Waals surface area contributed by atoms with E-state index in [9.17, 15) is 0 Å². The van der Waals surface area contributed by atoms with Gasteiger partial charge in [-0.05, 0) is 30.2 Å². The minimum absolute atomic E-state index is 0.923. The van der Waals surface area contributed by atoms with E-state index in [4.69, 9.17) is 12.6 Å². The zero-order chi connectivity index (χ0) is 17.2. The standard InChI is InChI=1S/C22H19NS2/c1-15-8-2-3-9-16(15)14-25-22(24)21-17-10-4-6-12-19(17)23-20-13-7-5-11-18(20)21/h2-13,23-24H,14H2,1H3. The highest BCUT2D eigenvalue weighted by atomic mass is 32.2. The third kappa shape index (κ3) is 3.22. The monoisotopic (exact) mass is 361 g/mol. The normalized spacial score (nSPS) is 12.2. The molecule has 0 bridgehead atoms. The van der Waals surface area contributed by atoms with E-state index in [2.05, 4.69) is 85.0 Å². The molecular weight excluding hydrogens is 342 g/mol. The Labute approximate surface area is 158 Å². The number of fused-ring (bicyclic) bond motifs is 2. The minimum Gasteiger partial charge on any atom is -0.355 e. The van der Waals surface area contributed by atoms with Gasteiger partial charge in [-0.25, -0.2) is 0 Å². The maximum atomic E-state index is 4.90. The van der Waals surface area contributed by atoms with E-state index < -0.39 is 0 Å². The van der Waals surface area contributed by atoms with Crippen molar-refractivity contribution in [3.8, 4) is 0 Å². The molecule has 1 aliphatic heterocycles. The highest BCUT2D eigenvalue weighted by Crippen LogP contribution is 2.45. The predicted octanol–water partition coefficient (Wildman–Crippen LogP) is 6.63. The largest absolute Gasteiger partial charge is 0.355 e. The van der Waals surface area contributed by atoms with E-state index in [0.717, 1.165) is 21.4 Å². The quantitative estimate of drug-likeness (QED) is 0.397. The number of para-hydroxylation sites is 2. The van der Waals surface area contributed by atoms with Crippen LogP contribution in [0.2, 0.25) is 0 Å². The van der Waals surface area contributed by atoms with Gasteiger partial charge in [0.2, 0.25) is 0 Å². The van der Waals surface area contributed by atoms with Gasteiger partial charge in [-0.15, -0.1) is 24.4 Å². The SMILES string of the molecule is Cc1ccccc1CSC(S)=C1c2ccccc2Nc2ccccc21. The summed E-state index contributed by atoms with van der Waals surface area (Å²) in [5.74, 6) is 0.923. The molecule has 1 N–H and O–H groups in total. The zero-order valence-electron chi connectivity index (χ0n) is 14.0. The summed E-state index contributed by atoms with van der Waals surface area (Å²) in [4.78, 5) is 0. The molecule has 1 nitrogen and oxygen atoms in total. The molecule has 0 amide bonds. The number of thiol groups is 1. The minimum atomic E-state index is 0.923. The molecule has 0 aromatic heterocycles. The van der Waals surface area contributed by atoms with Gasteiger partial charge < -0.3 is 5.32 Å². The first-order chi connectivity index (χ1) is 12.2. The Hall–Kier alpha value is -2.10. The molecule has 0 atom stereocenters. The van der Waals surface area contributed by atoms with Crippen molar-refractivity contribution in [1.82, 2.24) is 0 Å². The highest BCUT2D eigenvalue weighted by Gasteiger charge is 2.21. The number of rotatable bonds is 3. The van der Waals surface area contributed by atoms with Gasteiger partial charge in [0.25, 0.3) is 0 Å². The Balaban J connectivity index is 1.75. The number of hydrogen-bond donors (Lipinski definition) is 2. The van der Waals surface area contributed by atoms with Crippen molar-refractivity contribution in [1.29, 1.82) is 0 Å². The molecule has 0 unspecified atom stereocenters. The van der Waals surface area contributed by atoms with Gasteiger partial charge in [-0.3, -0.25) is 0 Å². The molecule has 0 saturated heterocycles.